The third-order valence-electron chi connectivity index (χ3n) is 4.31. The zero-order chi connectivity index (χ0) is 17.1. The molecule has 1 aliphatic rings. The second-order valence-corrected chi connectivity index (χ2v) is 6.08. The first kappa shape index (κ1) is 16.2. The minimum Gasteiger partial charge on any atom is -0.332 e. The van der Waals surface area contributed by atoms with Crippen molar-refractivity contribution >= 4 is 11.8 Å². The van der Waals surface area contributed by atoms with E-state index in [0.717, 1.165) is 17.7 Å². The average molecular weight is 326 g/mol. The SMILES string of the molecule is CCCN1CC(=O)N(Cc2cccc(-n3cccn3)c2)[C@H](C)C1=O. The molecule has 24 heavy (non-hydrogen) atoms. The smallest absolute Gasteiger partial charge is 0.245 e. The van der Waals surface area contributed by atoms with Crippen LogP contribution in [0.3, 0.4) is 0 Å². The van der Waals surface area contributed by atoms with Gasteiger partial charge in [0.2, 0.25) is 11.8 Å². The van der Waals surface area contributed by atoms with E-state index in [1.807, 2.05) is 43.5 Å². The molecule has 126 valence electrons. The molecule has 0 spiro atoms. The molecule has 0 radical (unpaired) electrons. The summed E-state index contributed by atoms with van der Waals surface area (Å²) in [6, 6.07) is 9.31. The number of aromatic nitrogens is 2. The lowest BCUT2D eigenvalue weighted by Crippen LogP contribution is -2.58. The molecule has 1 aliphatic heterocycles. The summed E-state index contributed by atoms with van der Waals surface area (Å²) in [5.41, 5.74) is 1.92. The Bertz CT molecular complexity index is 726. The van der Waals surface area contributed by atoms with Crippen molar-refractivity contribution in [3.05, 3.63) is 48.3 Å². The molecular formula is C18H22N4O2. The van der Waals surface area contributed by atoms with Crippen LogP contribution in [0.2, 0.25) is 0 Å². The number of benzene rings is 1. The van der Waals surface area contributed by atoms with Gasteiger partial charge in [-0.15, -0.1) is 0 Å². The van der Waals surface area contributed by atoms with Crippen LogP contribution in [0.25, 0.3) is 5.69 Å². The number of hydrogen-bond donors (Lipinski definition) is 0. The molecule has 1 saturated heterocycles. The molecule has 0 saturated carbocycles. The quantitative estimate of drug-likeness (QED) is 0.842. The number of piperazine rings is 1. The van der Waals surface area contributed by atoms with Gasteiger partial charge in [0.05, 0.1) is 12.2 Å². The van der Waals surface area contributed by atoms with E-state index >= 15 is 0 Å². The van der Waals surface area contributed by atoms with Crippen LogP contribution in [-0.2, 0) is 16.1 Å². The van der Waals surface area contributed by atoms with Gasteiger partial charge in [0.25, 0.3) is 0 Å². The van der Waals surface area contributed by atoms with E-state index in [1.54, 1.807) is 27.6 Å². The van der Waals surface area contributed by atoms with Crippen LogP contribution in [0.15, 0.2) is 42.7 Å². The Morgan fingerprint density at radius 3 is 2.79 bits per heavy atom. The molecule has 3 rings (SSSR count). The van der Waals surface area contributed by atoms with Crippen molar-refractivity contribution in [2.45, 2.75) is 32.9 Å². The number of carbonyl (C=O) groups excluding carboxylic acids is 2. The van der Waals surface area contributed by atoms with Gasteiger partial charge in [-0.25, -0.2) is 4.68 Å². The van der Waals surface area contributed by atoms with Gasteiger partial charge < -0.3 is 9.80 Å². The van der Waals surface area contributed by atoms with Crippen molar-refractivity contribution < 1.29 is 9.59 Å². The second kappa shape index (κ2) is 6.86. The minimum absolute atomic E-state index is 0.0000391. The lowest BCUT2D eigenvalue weighted by Gasteiger charge is -2.38. The van der Waals surface area contributed by atoms with Gasteiger partial charge in [-0.2, -0.15) is 5.10 Å². The summed E-state index contributed by atoms with van der Waals surface area (Å²) >= 11 is 0. The highest BCUT2D eigenvalue weighted by molar-refractivity contribution is 5.94. The molecule has 1 aromatic carbocycles. The average Bonchev–Trinajstić information content (AvgIpc) is 3.11. The van der Waals surface area contributed by atoms with E-state index in [-0.39, 0.29) is 18.4 Å². The Kier molecular flexibility index (Phi) is 4.64. The summed E-state index contributed by atoms with van der Waals surface area (Å²) in [5.74, 6) is 0.0275. The molecule has 1 fully saturated rings. The van der Waals surface area contributed by atoms with Gasteiger partial charge in [-0.05, 0) is 37.1 Å². The predicted octanol–water partition coefficient (Wildman–Crippen LogP) is 1.84. The van der Waals surface area contributed by atoms with E-state index in [1.165, 1.54) is 0 Å². The zero-order valence-electron chi connectivity index (χ0n) is 14.1. The molecule has 2 amide bonds. The maximum absolute atomic E-state index is 12.5. The van der Waals surface area contributed by atoms with Gasteiger partial charge >= 0.3 is 0 Å². The number of amides is 2. The van der Waals surface area contributed by atoms with Crippen molar-refractivity contribution in [1.29, 1.82) is 0 Å². The largest absolute Gasteiger partial charge is 0.332 e. The molecule has 2 aromatic rings. The highest BCUT2D eigenvalue weighted by Gasteiger charge is 2.35. The summed E-state index contributed by atoms with van der Waals surface area (Å²) in [4.78, 5) is 28.2. The standard InChI is InChI=1S/C18H22N4O2/c1-3-9-20-13-17(23)21(14(2)18(20)24)12-15-6-4-7-16(11-15)22-10-5-8-19-22/h4-8,10-11,14H,3,9,12-13H2,1-2H3/t14-/m1/s1. The number of hydrogen-bond acceptors (Lipinski definition) is 3. The van der Waals surface area contributed by atoms with Crippen LogP contribution in [-0.4, -0.2) is 50.5 Å². The van der Waals surface area contributed by atoms with Crippen LogP contribution in [0.5, 0.6) is 0 Å². The zero-order valence-corrected chi connectivity index (χ0v) is 14.1. The first-order valence-corrected chi connectivity index (χ1v) is 8.27. The third kappa shape index (κ3) is 3.18. The fourth-order valence-electron chi connectivity index (χ4n) is 3.05. The molecule has 1 atom stereocenters. The summed E-state index contributed by atoms with van der Waals surface area (Å²) < 4.78 is 1.78. The maximum Gasteiger partial charge on any atom is 0.245 e. The Morgan fingerprint density at radius 2 is 2.08 bits per heavy atom. The Hall–Kier alpha value is -2.63. The van der Waals surface area contributed by atoms with Crippen molar-refractivity contribution in [2.24, 2.45) is 0 Å². The van der Waals surface area contributed by atoms with Crippen LogP contribution >= 0.6 is 0 Å². The van der Waals surface area contributed by atoms with Crippen molar-refractivity contribution in [1.82, 2.24) is 19.6 Å². The summed E-state index contributed by atoms with van der Waals surface area (Å²) in [6.45, 7) is 5.06. The van der Waals surface area contributed by atoms with Crippen LogP contribution < -0.4 is 0 Å². The van der Waals surface area contributed by atoms with E-state index < -0.39 is 6.04 Å². The van der Waals surface area contributed by atoms with Gasteiger partial charge in [0.15, 0.2) is 0 Å². The first-order valence-electron chi connectivity index (χ1n) is 8.27. The van der Waals surface area contributed by atoms with E-state index in [4.69, 9.17) is 0 Å². The predicted molar refractivity (Wildman–Crippen MR) is 90.4 cm³/mol. The Balaban J connectivity index is 1.77. The lowest BCUT2D eigenvalue weighted by atomic mass is 10.1. The van der Waals surface area contributed by atoms with Gasteiger partial charge in [0, 0.05) is 25.5 Å². The summed E-state index contributed by atoms with van der Waals surface area (Å²) in [6.07, 6.45) is 4.46. The molecular weight excluding hydrogens is 304 g/mol. The fraction of sp³-hybridized carbons (Fsp3) is 0.389. The normalized spacial score (nSPS) is 18.3. The van der Waals surface area contributed by atoms with Crippen molar-refractivity contribution in [3.63, 3.8) is 0 Å². The fourth-order valence-corrected chi connectivity index (χ4v) is 3.05. The number of nitrogens with zero attached hydrogens (tertiary/aromatic N) is 4. The Morgan fingerprint density at radius 1 is 1.25 bits per heavy atom. The number of rotatable bonds is 5. The highest BCUT2D eigenvalue weighted by atomic mass is 16.2. The third-order valence-corrected chi connectivity index (χ3v) is 4.31. The van der Waals surface area contributed by atoms with E-state index in [0.29, 0.717) is 13.1 Å². The molecule has 1 aromatic heterocycles. The van der Waals surface area contributed by atoms with Gasteiger partial charge in [-0.1, -0.05) is 19.1 Å². The van der Waals surface area contributed by atoms with Gasteiger partial charge in [0.1, 0.15) is 6.04 Å². The van der Waals surface area contributed by atoms with E-state index in [9.17, 15) is 9.59 Å². The molecule has 6 heteroatoms. The van der Waals surface area contributed by atoms with Crippen LogP contribution in [0.1, 0.15) is 25.8 Å². The lowest BCUT2D eigenvalue weighted by molar-refractivity contribution is -0.155. The van der Waals surface area contributed by atoms with Crippen LogP contribution in [0.4, 0.5) is 0 Å². The van der Waals surface area contributed by atoms with Crippen molar-refractivity contribution in [3.8, 4) is 5.69 Å². The molecule has 2 heterocycles. The summed E-state index contributed by atoms with van der Waals surface area (Å²) in [7, 11) is 0. The van der Waals surface area contributed by atoms with Crippen molar-refractivity contribution in [2.75, 3.05) is 13.1 Å². The first-order chi connectivity index (χ1) is 11.6. The van der Waals surface area contributed by atoms with Gasteiger partial charge in [-0.3, -0.25) is 9.59 Å². The monoisotopic (exact) mass is 326 g/mol. The maximum atomic E-state index is 12.5. The molecule has 6 nitrogen and oxygen atoms in total. The summed E-state index contributed by atoms with van der Waals surface area (Å²) in [5, 5.41) is 4.22. The minimum atomic E-state index is -0.425. The topological polar surface area (TPSA) is 58.4 Å². The number of carbonyl (C=O) groups is 2. The second-order valence-electron chi connectivity index (χ2n) is 6.08. The molecule has 0 bridgehead atoms. The van der Waals surface area contributed by atoms with E-state index in [2.05, 4.69) is 5.10 Å². The Labute approximate surface area is 141 Å². The molecule has 0 N–H and O–H groups in total. The molecule has 0 unspecified atom stereocenters. The highest BCUT2D eigenvalue weighted by Crippen LogP contribution is 2.18. The van der Waals surface area contributed by atoms with Crippen LogP contribution in [0, 0.1) is 0 Å². The molecule has 0 aliphatic carbocycles.